The smallest absolute Gasteiger partial charge is 0.411 e. The number of ketones is 1. The Bertz CT molecular complexity index is 889. The Kier molecular flexibility index (Phi) is 3.80. The summed E-state index contributed by atoms with van der Waals surface area (Å²) in [5.41, 5.74) is 2.29. The second-order valence-corrected chi connectivity index (χ2v) is 5.83. The van der Waals surface area contributed by atoms with Crippen LogP contribution in [0.25, 0.3) is 11.0 Å². The molecule has 3 rings (SSSR count). The molecular weight excluding hydrogens is 397 g/mol. The minimum atomic E-state index is -1.20. The summed E-state index contributed by atoms with van der Waals surface area (Å²) in [6, 6.07) is 12.4. The standard InChI is InChI=1S/C15H10IN3O3/c16-10-3-1-2-8(6-10)13(20)9-4-5-11-12(7-9)18-14(17-11)19-15(21)22/h1-7H,(H,21,22)(H2,17,18,19). The molecule has 110 valence electrons. The molecule has 2 aromatic carbocycles. The molecule has 0 saturated carbocycles. The first-order valence-corrected chi connectivity index (χ1v) is 7.41. The van der Waals surface area contributed by atoms with Gasteiger partial charge in [0, 0.05) is 14.7 Å². The zero-order valence-corrected chi connectivity index (χ0v) is 13.3. The minimum Gasteiger partial charge on any atom is -0.465 e. The van der Waals surface area contributed by atoms with Gasteiger partial charge < -0.3 is 10.1 Å². The predicted octanol–water partition coefficient (Wildman–Crippen LogP) is 3.49. The van der Waals surface area contributed by atoms with Crippen LogP contribution in [0.2, 0.25) is 0 Å². The van der Waals surface area contributed by atoms with Gasteiger partial charge in [-0.1, -0.05) is 12.1 Å². The number of benzene rings is 2. The maximum atomic E-state index is 12.5. The number of nitrogens with zero attached hydrogens (tertiary/aromatic N) is 1. The van der Waals surface area contributed by atoms with Crippen LogP contribution in [0.1, 0.15) is 15.9 Å². The molecule has 0 bridgehead atoms. The van der Waals surface area contributed by atoms with Gasteiger partial charge in [-0.15, -0.1) is 0 Å². The third-order valence-electron chi connectivity index (χ3n) is 3.06. The molecule has 3 N–H and O–H groups in total. The molecule has 0 spiro atoms. The Morgan fingerprint density at radius 1 is 1.14 bits per heavy atom. The van der Waals surface area contributed by atoms with Crippen LogP contribution in [0.4, 0.5) is 10.7 Å². The molecule has 0 radical (unpaired) electrons. The van der Waals surface area contributed by atoms with Crippen molar-refractivity contribution in [3.05, 3.63) is 57.2 Å². The first-order valence-electron chi connectivity index (χ1n) is 6.33. The number of anilines is 1. The first kappa shape index (κ1) is 14.5. The van der Waals surface area contributed by atoms with E-state index in [4.69, 9.17) is 5.11 Å². The van der Waals surface area contributed by atoms with Gasteiger partial charge in [0.25, 0.3) is 0 Å². The average molecular weight is 407 g/mol. The van der Waals surface area contributed by atoms with Gasteiger partial charge >= 0.3 is 6.09 Å². The summed E-state index contributed by atoms with van der Waals surface area (Å²) in [5, 5.41) is 10.8. The number of carboxylic acid groups (broad SMARTS) is 1. The average Bonchev–Trinajstić information content (AvgIpc) is 2.86. The van der Waals surface area contributed by atoms with Crippen LogP contribution >= 0.6 is 22.6 Å². The molecule has 3 aromatic rings. The highest BCUT2D eigenvalue weighted by molar-refractivity contribution is 14.1. The monoisotopic (exact) mass is 407 g/mol. The fourth-order valence-electron chi connectivity index (χ4n) is 2.10. The highest BCUT2D eigenvalue weighted by Crippen LogP contribution is 2.19. The Balaban J connectivity index is 1.97. The number of carbonyl (C=O) groups is 2. The lowest BCUT2D eigenvalue weighted by Gasteiger charge is -2.01. The van der Waals surface area contributed by atoms with Crippen molar-refractivity contribution < 1.29 is 14.7 Å². The number of aromatic amines is 1. The largest absolute Gasteiger partial charge is 0.465 e. The third-order valence-corrected chi connectivity index (χ3v) is 3.73. The van der Waals surface area contributed by atoms with Gasteiger partial charge in [0.05, 0.1) is 11.0 Å². The second-order valence-electron chi connectivity index (χ2n) is 4.59. The molecule has 6 nitrogen and oxygen atoms in total. The summed E-state index contributed by atoms with van der Waals surface area (Å²) in [7, 11) is 0. The lowest BCUT2D eigenvalue weighted by Crippen LogP contribution is -2.08. The van der Waals surface area contributed by atoms with Gasteiger partial charge in [0.1, 0.15) is 0 Å². The van der Waals surface area contributed by atoms with E-state index in [0.717, 1.165) is 3.57 Å². The van der Waals surface area contributed by atoms with Crippen molar-refractivity contribution in [2.45, 2.75) is 0 Å². The Morgan fingerprint density at radius 3 is 2.64 bits per heavy atom. The molecule has 0 aliphatic heterocycles. The van der Waals surface area contributed by atoms with Crippen LogP contribution < -0.4 is 5.32 Å². The lowest BCUT2D eigenvalue weighted by molar-refractivity contribution is 0.103. The van der Waals surface area contributed by atoms with Crippen molar-refractivity contribution in [1.29, 1.82) is 0 Å². The molecule has 22 heavy (non-hydrogen) atoms. The summed E-state index contributed by atoms with van der Waals surface area (Å²) in [4.78, 5) is 30.0. The molecule has 0 unspecified atom stereocenters. The van der Waals surface area contributed by atoms with Gasteiger partial charge in [-0.2, -0.15) is 0 Å². The van der Waals surface area contributed by atoms with Gasteiger partial charge in [0.2, 0.25) is 5.95 Å². The number of hydrogen-bond donors (Lipinski definition) is 3. The minimum absolute atomic E-state index is 0.101. The number of H-pyrrole nitrogens is 1. The number of imidazole rings is 1. The van der Waals surface area contributed by atoms with Crippen LogP contribution in [0, 0.1) is 3.57 Å². The van der Waals surface area contributed by atoms with Crippen LogP contribution in [-0.2, 0) is 0 Å². The van der Waals surface area contributed by atoms with Crippen molar-refractivity contribution in [2.75, 3.05) is 5.32 Å². The van der Waals surface area contributed by atoms with Crippen LogP contribution in [0.5, 0.6) is 0 Å². The van der Waals surface area contributed by atoms with E-state index in [0.29, 0.717) is 22.2 Å². The summed E-state index contributed by atoms with van der Waals surface area (Å²) >= 11 is 2.15. The fraction of sp³-hybridized carbons (Fsp3) is 0. The van der Waals surface area contributed by atoms with Crippen molar-refractivity contribution in [1.82, 2.24) is 9.97 Å². The van der Waals surface area contributed by atoms with Crippen LogP contribution in [0.15, 0.2) is 42.5 Å². The molecule has 0 aliphatic carbocycles. The number of fused-ring (bicyclic) bond motifs is 1. The molecular formula is C15H10IN3O3. The van der Waals surface area contributed by atoms with E-state index in [9.17, 15) is 9.59 Å². The maximum Gasteiger partial charge on any atom is 0.411 e. The van der Waals surface area contributed by atoms with Gasteiger partial charge in [-0.25, -0.2) is 9.78 Å². The molecule has 1 amide bonds. The van der Waals surface area contributed by atoms with Crippen molar-refractivity contribution >= 4 is 51.4 Å². The SMILES string of the molecule is O=C(O)Nc1nc2cc(C(=O)c3cccc(I)c3)ccc2[nH]1. The van der Waals surface area contributed by atoms with E-state index in [1.165, 1.54) is 0 Å². The van der Waals surface area contributed by atoms with Crippen LogP contribution in [0.3, 0.4) is 0 Å². The van der Waals surface area contributed by atoms with E-state index in [2.05, 4.69) is 37.9 Å². The van der Waals surface area contributed by atoms with E-state index in [1.54, 1.807) is 24.3 Å². The molecule has 1 aromatic heterocycles. The number of carbonyl (C=O) groups excluding carboxylic acids is 1. The Morgan fingerprint density at radius 2 is 1.91 bits per heavy atom. The molecule has 7 heteroatoms. The molecule has 0 fully saturated rings. The summed E-state index contributed by atoms with van der Waals surface area (Å²) in [6.07, 6.45) is -1.20. The number of amides is 1. The van der Waals surface area contributed by atoms with E-state index >= 15 is 0 Å². The summed E-state index contributed by atoms with van der Waals surface area (Å²) in [5.74, 6) is 0.0255. The van der Waals surface area contributed by atoms with Crippen molar-refractivity contribution in [3.63, 3.8) is 0 Å². The fourth-order valence-corrected chi connectivity index (χ4v) is 2.65. The number of nitrogens with one attached hydrogen (secondary N) is 2. The van der Waals surface area contributed by atoms with Crippen LogP contribution in [-0.4, -0.2) is 27.0 Å². The molecule has 0 saturated heterocycles. The lowest BCUT2D eigenvalue weighted by atomic mass is 10.0. The summed E-state index contributed by atoms with van der Waals surface area (Å²) < 4.78 is 0.984. The third kappa shape index (κ3) is 2.93. The van der Waals surface area contributed by atoms with Gasteiger partial charge in [-0.05, 0) is 52.9 Å². The Labute approximate surface area is 138 Å². The van der Waals surface area contributed by atoms with E-state index in [1.807, 2.05) is 18.2 Å². The molecule has 0 aliphatic rings. The highest BCUT2D eigenvalue weighted by Gasteiger charge is 2.12. The first-order chi connectivity index (χ1) is 10.5. The van der Waals surface area contributed by atoms with E-state index in [-0.39, 0.29) is 11.7 Å². The number of aromatic nitrogens is 2. The van der Waals surface area contributed by atoms with Crippen molar-refractivity contribution in [2.24, 2.45) is 0 Å². The second kappa shape index (κ2) is 5.76. The summed E-state index contributed by atoms with van der Waals surface area (Å²) in [6.45, 7) is 0. The zero-order chi connectivity index (χ0) is 15.7. The Hall–Kier alpha value is -2.42. The highest BCUT2D eigenvalue weighted by atomic mass is 127. The van der Waals surface area contributed by atoms with Crippen molar-refractivity contribution in [3.8, 4) is 0 Å². The normalized spacial score (nSPS) is 10.6. The predicted molar refractivity (Wildman–Crippen MR) is 90.3 cm³/mol. The molecule has 1 heterocycles. The molecule has 0 atom stereocenters. The van der Waals surface area contributed by atoms with Gasteiger partial charge in [-0.3, -0.25) is 10.1 Å². The topological polar surface area (TPSA) is 95.1 Å². The van der Waals surface area contributed by atoms with Gasteiger partial charge in [0.15, 0.2) is 5.78 Å². The van der Waals surface area contributed by atoms with E-state index < -0.39 is 6.09 Å². The maximum absolute atomic E-state index is 12.5. The zero-order valence-electron chi connectivity index (χ0n) is 11.1. The quantitative estimate of drug-likeness (QED) is 0.458. The number of rotatable bonds is 3. The number of hydrogen-bond acceptors (Lipinski definition) is 3. The number of halogens is 1.